The number of Topliss-reactive ketones (excluding diaryl/α,β-unsaturated/α-hetero) is 1. The number of ether oxygens (including phenoxy) is 1. The zero-order chi connectivity index (χ0) is 13.9. The van der Waals surface area contributed by atoms with Gasteiger partial charge in [0.25, 0.3) is 0 Å². The summed E-state index contributed by atoms with van der Waals surface area (Å²) in [4.78, 5) is 11.9. The summed E-state index contributed by atoms with van der Waals surface area (Å²) < 4.78 is 18.6. The van der Waals surface area contributed by atoms with E-state index in [0.29, 0.717) is 13.0 Å². The topological polar surface area (TPSA) is 26.3 Å². The lowest BCUT2D eigenvalue weighted by Crippen LogP contribution is -2.12. The third-order valence-corrected chi connectivity index (χ3v) is 3.57. The zero-order valence-electron chi connectivity index (χ0n) is 11.1. The van der Waals surface area contributed by atoms with Crippen molar-refractivity contribution in [2.45, 2.75) is 25.9 Å². The number of rotatable bonds is 3. The van der Waals surface area contributed by atoms with E-state index < -0.39 is 0 Å². The Labute approximate surface area is 117 Å². The number of halogens is 1. The van der Waals surface area contributed by atoms with Crippen LogP contribution in [-0.2, 0) is 13.0 Å². The maximum absolute atomic E-state index is 12.8. The van der Waals surface area contributed by atoms with Gasteiger partial charge in [0.05, 0.1) is 0 Å². The monoisotopic (exact) mass is 270 g/mol. The summed E-state index contributed by atoms with van der Waals surface area (Å²) in [5.74, 6) is 0.704. The molecule has 0 saturated heterocycles. The van der Waals surface area contributed by atoms with E-state index in [1.165, 1.54) is 12.1 Å². The first kappa shape index (κ1) is 12.9. The van der Waals surface area contributed by atoms with Crippen molar-refractivity contribution >= 4 is 5.78 Å². The summed E-state index contributed by atoms with van der Waals surface area (Å²) >= 11 is 0. The first-order chi connectivity index (χ1) is 9.74. The van der Waals surface area contributed by atoms with Crippen LogP contribution in [0.1, 0.15) is 34.3 Å². The molecular formula is C17H15FO2. The van der Waals surface area contributed by atoms with Gasteiger partial charge in [0, 0.05) is 17.5 Å². The quantitative estimate of drug-likeness (QED) is 0.844. The lowest BCUT2D eigenvalue weighted by Gasteiger charge is -2.18. The van der Waals surface area contributed by atoms with Crippen LogP contribution in [-0.4, -0.2) is 5.78 Å². The maximum Gasteiger partial charge on any atom is 0.163 e. The van der Waals surface area contributed by atoms with Crippen molar-refractivity contribution in [3.05, 3.63) is 65.0 Å². The molecule has 0 N–H and O–H groups in total. The second-order valence-corrected chi connectivity index (χ2v) is 4.97. The van der Waals surface area contributed by atoms with Crippen LogP contribution >= 0.6 is 0 Å². The largest absolute Gasteiger partial charge is 0.489 e. The van der Waals surface area contributed by atoms with Gasteiger partial charge in [-0.25, -0.2) is 4.39 Å². The van der Waals surface area contributed by atoms with E-state index in [9.17, 15) is 9.18 Å². The third kappa shape index (κ3) is 2.57. The highest BCUT2D eigenvalue weighted by atomic mass is 19.1. The molecule has 0 aliphatic heterocycles. The predicted octanol–water partition coefficient (Wildman–Crippen LogP) is 3.92. The molecule has 0 amide bonds. The molecule has 3 rings (SSSR count). The van der Waals surface area contributed by atoms with Gasteiger partial charge in [-0.3, -0.25) is 4.79 Å². The van der Waals surface area contributed by atoms with Gasteiger partial charge in [-0.1, -0.05) is 24.3 Å². The molecule has 102 valence electrons. The summed E-state index contributed by atoms with van der Waals surface area (Å²) in [6.07, 6.45) is 2.37. The summed E-state index contributed by atoms with van der Waals surface area (Å²) in [6, 6.07) is 11.8. The normalized spacial score (nSPS) is 13.9. The number of hydrogen-bond donors (Lipinski definition) is 0. The van der Waals surface area contributed by atoms with Crippen molar-refractivity contribution < 1.29 is 13.9 Å². The number of hydrogen-bond acceptors (Lipinski definition) is 2. The molecule has 20 heavy (non-hydrogen) atoms. The molecule has 0 spiro atoms. The number of fused-ring (bicyclic) bond motifs is 1. The smallest absolute Gasteiger partial charge is 0.163 e. The van der Waals surface area contributed by atoms with Gasteiger partial charge in [-0.15, -0.1) is 0 Å². The van der Waals surface area contributed by atoms with Crippen molar-refractivity contribution in [1.29, 1.82) is 0 Å². The summed E-state index contributed by atoms with van der Waals surface area (Å²) in [6.45, 7) is 0.380. The molecule has 0 heterocycles. The van der Waals surface area contributed by atoms with Crippen LogP contribution in [0.15, 0.2) is 42.5 Å². The van der Waals surface area contributed by atoms with Crippen LogP contribution in [0.25, 0.3) is 0 Å². The molecule has 0 atom stereocenters. The van der Waals surface area contributed by atoms with Crippen LogP contribution in [0, 0.1) is 5.82 Å². The van der Waals surface area contributed by atoms with E-state index >= 15 is 0 Å². The molecule has 0 fully saturated rings. The van der Waals surface area contributed by atoms with Gasteiger partial charge in [0.1, 0.15) is 18.2 Å². The second-order valence-electron chi connectivity index (χ2n) is 4.97. The number of ketones is 1. The molecule has 2 nitrogen and oxygen atoms in total. The summed E-state index contributed by atoms with van der Waals surface area (Å²) in [5, 5.41) is 0. The van der Waals surface area contributed by atoms with Gasteiger partial charge in [-0.05, 0) is 36.6 Å². The molecule has 0 saturated carbocycles. The second kappa shape index (κ2) is 5.45. The first-order valence-electron chi connectivity index (χ1n) is 6.76. The molecule has 0 bridgehead atoms. The highest BCUT2D eigenvalue weighted by molar-refractivity contribution is 5.99. The van der Waals surface area contributed by atoms with Gasteiger partial charge in [0.15, 0.2) is 5.78 Å². The molecule has 3 heteroatoms. The average molecular weight is 270 g/mol. The lowest BCUT2D eigenvalue weighted by molar-refractivity contribution is 0.0971. The summed E-state index contributed by atoms with van der Waals surface area (Å²) in [7, 11) is 0. The van der Waals surface area contributed by atoms with Crippen molar-refractivity contribution in [2.75, 3.05) is 0 Å². The third-order valence-electron chi connectivity index (χ3n) is 3.57. The van der Waals surface area contributed by atoms with Gasteiger partial charge in [-0.2, -0.15) is 0 Å². The molecule has 0 aromatic heterocycles. The van der Waals surface area contributed by atoms with Crippen LogP contribution < -0.4 is 4.74 Å². The summed E-state index contributed by atoms with van der Waals surface area (Å²) in [5.41, 5.74) is 2.70. The highest BCUT2D eigenvalue weighted by Crippen LogP contribution is 2.30. The van der Waals surface area contributed by atoms with Gasteiger partial charge >= 0.3 is 0 Å². The Kier molecular flexibility index (Phi) is 3.50. The van der Waals surface area contributed by atoms with Crippen molar-refractivity contribution in [2.24, 2.45) is 0 Å². The van der Waals surface area contributed by atoms with E-state index in [4.69, 9.17) is 4.74 Å². The molecule has 0 radical (unpaired) electrons. The first-order valence-corrected chi connectivity index (χ1v) is 6.76. The maximum atomic E-state index is 12.8. The number of benzene rings is 2. The minimum absolute atomic E-state index is 0.193. The molecule has 0 unspecified atom stereocenters. The Balaban J connectivity index is 1.79. The van der Waals surface area contributed by atoms with E-state index in [0.717, 1.165) is 35.3 Å². The Morgan fingerprint density at radius 2 is 1.85 bits per heavy atom. The zero-order valence-corrected chi connectivity index (χ0v) is 11.1. The Morgan fingerprint density at radius 1 is 1.05 bits per heavy atom. The van der Waals surface area contributed by atoms with Crippen LogP contribution in [0.3, 0.4) is 0 Å². The van der Waals surface area contributed by atoms with E-state index in [1.807, 2.05) is 18.2 Å². The standard InChI is InChI=1S/C17H15FO2/c18-13-9-7-12(8-10-13)11-20-17-6-2-3-14-15(17)4-1-5-16(14)19/h2-3,6-10H,1,4-5,11H2. The molecule has 2 aromatic carbocycles. The van der Waals surface area contributed by atoms with Crippen molar-refractivity contribution in [1.82, 2.24) is 0 Å². The van der Waals surface area contributed by atoms with Crippen molar-refractivity contribution in [3.63, 3.8) is 0 Å². The molecule has 2 aromatic rings. The SMILES string of the molecule is O=C1CCCc2c(OCc3ccc(F)cc3)cccc21. The molecule has 1 aliphatic rings. The average Bonchev–Trinajstić information content (AvgIpc) is 2.47. The molecule has 1 aliphatic carbocycles. The predicted molar refractivity (Wildman–Crippen MR) is 74.4 cm³/mol. The van der Waals surface area contributed by atoms with Crippen molar-refractivity contribution in [3.8, 4) is 5.75 Å². The van der Waals surface area contributed by atoms with Crippen LogP contribution in [0.2, 0.25) is 0 Å². The number of carbonyl (C=O) groups is 1. The fourth-order valence-corrected chi connectivity index (χ4v) is 2.52. The van der Waals surface area contributed by atoms with Gasteiger partial charge in [0.2, 0.25) is 0 Å². The van der Waals surface area contributed by atoms with Crippen LogP contribution in [0.5, 0.6) is 5.75 Å². The van der Waals surface area contributed by atoms with E-state index in [-0.39, 0.29) is 11.6 Å². The fraction of sp³-hybridized carbons (Fsp3) is 0.235. The van der Waals surface area contributed by atoms with Gasteiger partial charge < -0.3 is 4.74 Å². The molecular weight excluding hydrogens is 255 g/mol. The Hall–Kier alpha value is -2.16. The lowest BCUT2D eigenvalue weighted by atomic mass is 9.90. The fourth-order valence-electron chi connectivity index (χ4n) is 2.52. The Morgan fingerprint density at radius 3 is 2.65 bits per heavy atom. The van der Waals surface area contributed by atoms with Crippen LogP contribution in [0.4, 0.5) is 4.39 Å². The minimum Gasteiger partial charge on any atom is -0.489 e. The highest BCUT2D eigenvalue weighted by Gasteiger charge is 2.20. The minimum atomic E-state index is -0.253. The van der Waals surface area contributed by atoms with E-state index in [2.05, 4.69) is 0 Å². The van der Waals surface area contributed by atoms with E-state index in [1.54, 1.807) is 12.1 Å². The Bertz CT molecular complexity index is 632. The number of carbonyl (C=O) groups excluding carboxylic acids is 1.